The molecule has 30 heavy (non-hydrogen) atoms. The molecular weight excluding hydrogens is 380 g/mol. The Hall–Kier alpha value is -2.14. The lowest BCUT2D eigenvalue weighted by Crippen LogP contribution is -2.51. The van der Waals surface area contributed by atoms with Gasteiger partial charge >= 0.3 is 0 Å². The average molecular weight is 417 g/mol. The van der Waals surface area contributed by atoms with Gasteiger partial charge in [-0.25, -0.2) is 0 Å². The maximum Gasteiger partial charge on any atom is 0.262 e. The fourth-order valence-electron chi connectivity index (χ4n) is 4.23. The number of amides is 1. The molecular formula is C23H36N4O3. The van der Waals surface area contributed by atoms with Crippen LogP contribution in [0, 0.1) is 31.1 Å². The van der Waals surface area contributed by atoms with Crippen molar-refractivity contribution in [3.8, 4) is 6.07 Å². The molecule has 2 atom stereocenters. The van der Waals surface area contributed by atoms with Gasteiger partial charge in [-0.3, -0.25) is 9.69 Å². The molecule has 166 valence electrons. The Labute approximate surface area is 180 Å². The van der Waals surface area contributed by atoms with E-state index in [2.05, 4.69) is 41.6 Å². The molecule has 2 rings (SSSR count). The molecule has 1 amide bonds. The maximum atomic E-state index is 12.8. The predicted octanol–water partition coefficient (Wildman–Crippen LogP) is 2.69. The number of nitrogens with one attached hydrogen (secondary N) is 1. The van der Waals surface area contributed by atoms with Crippen molar-refractivity contribution in [1.29, 1.82) is 5.26 Å². The highest BCUT2D eigenvalue weighted by Crippen LogP contribution is 2.23. The van der Waals surface area contributed by atoms with Crippen molar-refractivity contribution in [1.82, 2.24) is 14.8 Å². The molecule has 1 aliphatic heterocycles. The number of carbonyl (C=O) groups excluding carboxylic acids is 1. The van der Waals surface area contributed by atoms with Crippen molar-refractivity contribution in [2.75, 3.05) is 46.6 Å². The lowest BCUT2D eigenvalue weighted by Gasteiger charge is -2.36. The molecule has 7 nitrogen and oxygen atoms in total. The number of aryl methyl sites for hydroxylation is 1. The summed E-state index contributed by atoms with van der Waals surface area (Å²) in [5, 5.41) is 12.6. The van der Waals surface area contributed by atoms with Crippen LogP contribution in [-0.4, -0.2) is 68.0 Å². The molecule has 1 N–H and O–H groups in total. The summed E-state index contributed by atoms with van der Waals surface area (Å²) in [5.41, 5.74) is 3.11. The summed E-state index contributed by atoms with van der Waals surface area (Å²) in [6.45, 7) is 14.7. The van der Waals surface area contributed by atoms with Crippen LogP contribution < -0.4 is 5.32 Å². The zero-order valence-corrected chi connectivity index (χ0v) is 19.2. The number of aromatic nitrogens is 1. The Balaban J connectivity index is 2.13. The first-order valence-corrected chi connectivity index (χ1v) is 10.7. The Morgan fingerprint density at radius 2 is 2.00 bits per heavy atom. The van der Waals surface area contributed by atoms with E-state index in [1.54, 1.807) is 13.2 Å². The van der Waals surface area contributed by atoms with E-state index in [0.717, 1.165) is 43.3 Å². The summed E-state index contributed by atoms with van der Waals surface area (Å²) in [6.07, 6.45) is 1.69. The molecule has 0 spiro atoms. The minimum absolute atomic E-state index is 0.124. The summed E-state index contributed by atoms with van der Waals surface area (Å²) in [5.74, 6) is 0.0604. The highest BCUT2D eigenvalue weighted by Gasteiger charge is 2.25. The first-order valence-electron chi connectivity index (χ1n) is 10.7. The lowest BCUT2D eigenvalue weighted by molar-refractivity contribution is -0.117. The quantitative estimate of drug-likeness (QED) is 0.495. The molecule has 7 heteroatoms. The first-order chi connectivity index (χ1) is 14.3. The fourth-order valence-corrected chi connectivity index (χ4v) is 4.23. The van der Waals surface area contributed by atoms with Crippen LogP contribution in [-0.2, 0) is 14.3 Å². The van der Waals surface area contributed by atoms with Gasteiger partial charge in [0.1, 0.15) is 11.6 Å². The van der Waals surface area contributed by atoms with Crippen molar-refractivity contribution in [3.05, 3.63) is 28.6 Å². The molecule has 1 aromatic rings. The number of nitrogens with zero attached hydrogens (tertiary/aromatic N) is 3. The number of nitriles is 1. The third-order valence-electron chi connectivity index (χ3n) is 5.79. The number of hydrogen-bond acceptors (Lipinski definition) is 5. The van der Waals surface area contributed by atoms with E-state index in [1.165, 1.54) is 0 Å². The molecule has 1 saturated heterocycles. The number of methoxy groups -OCH3 is 1. The van der Waals surface area contributed by atoms with Gasteiger partial charge in [0.15, 0.2) is 0 Å². The van der Waals surface area contributed by atoms with Crippen LogP contribution in [0.15, 0.2) is 11.6 Å². The van der Waals surface area contributed by atoms with Gasteiger partial charge in [-0.1, -0.05) is 13.8 Å². The Morgan fingerprint density at radius 1 is 1.33 bits per heavy atom. The van der Waals surface area contributed by atoms with Crippen LogP contribution in [0.5, 0.6) is 0 Å². The van der Waals surface area contributed by atoms with E-state index in [4.69, 9.17) is 9.47 Å². The summed E-state index contributed by atoms with van der Waals surface area (Å²) in [6, 6.07) is 4.48. The lowest BCUT2D eigenvalue weighted by atomic mass is 10.0. The smallest absolute Gasteiger partial charge is 0.262 e. The monoisotopic (exact) mass is 416 g/mol. The summed E-state index contributed by atoms with van der Waals surface area (Å²) in [7, 11) is 1.69. The number of rotatable bonds is 9. The van der Waals surface area contributed by atoms with Crippen LogP contribution in [0.4, 0.5) is 0 Å². The molecule has 1 fully saturated rings. The second-order valence-electron chi connectivity index (χ2n) is 8.34. The number of ether oxygens (including phenoxy) is 2. The SMILES string of the molecule is COCC(C)n1c(C)cc(/C=C(\C#N)C(=O)NCC(C(C)C)N2CCOCC2)c1C. The van der Waals surface area contributed by atoms with Crippen LogP contribution in [0.25, 0.3) is 6.08 Å². The maximum absolute atomic E-state index is 12.8. The minimum atomic E-state index is -0.328. The topological polar surface area (TPSA) is 79.5 Å². The summed E-state index contributed by atoms with van der Waals surface area (Å²) < 4.78 is 12.9. The largest absolute Gasteiger partial charge is 0.383 e. The molecule has 1 aliphatic rings. The molecule has 0 saturated carbocycles. The van der Waals surface area contributed by atoms with E-state index < -0.39 is 0 Å². The standard InChI is InChI=1S/C23H36N4O3/c1-16(2)22(26-7-9-30-10-8-26)14-25-23(28)21(13-24)12-20-11-17(3)27(19(20)5)18(4)15-29-6/h11-12,16,18,22H,7-10,14-15H2,1-6H3,(H,25,28)/b21-12+. The van der Waals surface area contributed by atoms with E-state index in [1.807, 2.05) is 19.9 Å². The second kappa shape index (κ2) is 11.3. The Bertz CT molecular complexity index is 785. The molecule has 0 aliphatic carbocycles. The van der Waals surface area contributed by atoms with Gasteiger partial charge in [-0.15, -0.1) is 0 Å². The minimum Gasteiger partial charge on any atom is -0.383 e. The zero-order chi connectivity index (χ0) is 22.3. The summed E-state index contributed by atoms with van der Waals surface area (Å²) in [4.78, 5) is 15.1. The van der Waals surface area contributed by atoms with E-state index in [9.17, 15) is 10.1 Å². The average Bonchev–Trinajstić information content (AvgIpc) is 2.99. The van der Waals surface area contributed by atoms with Gasteiger partial charge < -0.3 is 19.4 Å². The van der Waals surface area contributed by atoms with E-state index >= 15 is 0 Å². The zero-order valence-electron chi connectivity index (χ0n) is 19.2. The summed E-state index contributed by atoms with van der Waals surface area (Å²) >= 11 is 0. The van der Waals surface area contributed by atoms with Crippen molar-refractivity contribution < 1.29 is 14.3 Å². The second-order valence-corrected chi connectivity index (χ2v) is 8.34. The molecule has 2 heterocycles. The highest BCUT2D eigenvalue weighted by molar-refractivity contribution is 6.01. The van der Waals surface area contributed by atoms with Gasteiger partial charge in [0.05, 0.1) is 25.9 Å². The number of hydrogen-bond donors (Lipinski definition) is 1. The molecule has 2 unspecified atom stereocenters. The number of carbonyl (C=O) groups is 1. The van der Waals surface area contributed by atoms with Gasteiger partial charge in [-0.2, -0.15) is 5.26 Å². The highest BCUT2D eigenvalue weighted by atomic mass is 16.5. The Kier molecular flexibility index (Phi) is 9.09. The molecule has 1 aromatic heterocycles. The van der Waals surface area contributed by atoms with Crippen LogP contribution in [0.2, 0.25) is 0 Å². The molecule has 0 bridgehead atoms. The van der Waals surface area contributed by atoms with Gasteiger partial charge in [0.25, 0.3) is 5.91 Å². The van der Waals surface area contributed by atoms with Crippen molar-refractivity contribution >= 4 is 12.0 Å². The predicted molar refractivity (Wildman–Crippen MR) is 118 cm³/mol. The van der Waals surface area contributed by atoms with Crippen LogP contribution in [0.3, 0.4) is 0 Å². The number of morpholine rings is 1. The normalized spacial score (nSPS) is 17.6. The molecule has 0 aromatic carbocycles. The third-order valence-corrected chi connectivity index (χ3v) is 5.79. The third kappa shape index (κ3) is 5.94. The van der Waals surface area contributed by atoms with Crippen LogP contribution in [0.1, 0.15) is 43.8 Å². The van der Waals surface area contributed by atoms with E-state index in [0.29, 0.717) is 19.1 Å². The first kappa shape index (κ1) is 24.1. The van der Waals surface area contributed by atoms with Crippen molar-refractivity contribution in [3.63, 3.8) is 0 Å². The van der Waals surface area contributed by atoms with Gasteiger partial charge in [-0.05, 0) is 44.4 Å². The van der Waals surface area contributed by atoms with Crippen molar-refractivity contribution in [2.45, 2.75) is 46.7 Å². The van der Waals surface area contributed by atoms with Crippen LogP contribution >= 0.6 is 0 Å². The van der Waals surface area contributed by atoms with Gasteiger partial charge in [0, 0.05) is 44.2 Å². The van der Waals surface area contributed by atoms with Crippen molar-refractivity contribution in [2.24, 2.45) is 5.92 Å². The van der Waals surface area contributed by atoms with Gasteiger partial charge in [0.2, 0.25) is 0 Å². The molecule has 0 radical (unpaired) electrons. The fraction of sp³-hybridized carbons (Fsp3) is 0.652. The Morgan fingerprint density at radius 3 is 2.57 bits per heavy atom. The van der Waals surface area contributed by atoms with E-state index in [-0.39, 0.29) is 23.6 Å².